The van der Waals surface area contributed by atoms with Gasteiger partial charge in [0.1, 0.15) is 0 Å². The van der Waals surface area contributed by atoms with Crippen LogP contribution >= 0.6 is 11.6 Å². The number of hydrogen-bond donors (Lipinski definition) is 0. The Balaban J connectivity index is 3.50. The Kier molecular flexibility index (Phi) is 2.87. The van der Waals surface area contributed by atoms with Crippen LogP contribution in [0.2, 0.25) is 0 Å². The van der Waals surface area contributed by atoms with E-state index in [0.717, 1.165) is 0 Å². The van der Waals surface area contributed by atoms with Gasteiger partial charge in [0.25, 0.3) is 0 Å². The zero-order chi connectivity index (χ0) is 4.99. The number of allylic oxidation sites excluding steroid dienone is 3. The van der Waals surface area contributed by atoms with Crippen molar-refractivity contribution in [2.24, 2.45) is 0 Å². The fraction of sp³-hybridized carbons (Fsp3) is 0.200. The Morgan fingerprint density at radius 2 is 2.33 bits per heavy atom. The molecule has 0 nitrogen and oxygen atoms in total. The first-order chi connectivity index (χ1) is 2.81. The minimum Gasteiger partial charge on any atom is -0.0976 e. The highest BCUT2D eigenvalue weighted by Crippen LogP contribution is 1.98. The van der Waals surface area contributed by atoms with Crippen molar-refractivity contribution < 1.29 is 0 Å². The van der Waals surface area contributed by atoms with Gasteiger partial charge in [-0.2, -0.15) is 0 Å². The van der Waals surface area contributed by atoms with Crippen LogP contribution in [0.1, 0.15) is 6.92 Å². The van der Waals surface area contributed by atoms with Gasteiger partial charge < -0.3 is 0 Å². The Hall–Kier alpha value is -0.230. The highest BCUT2D eigenvalue weighted by Gasteiger charge is 1.70. The van der Waals surface area contributed by atoms with E-state index < -0.39 is 0 Å². The highest BCUT2D eigenvalue weighted by atomic mass is 35.5. The van der Waals surface area contributed by atoms with Crippen molar-refractivity contribution in [1.82, 2.24) is 0 Å². The van der Waals surface area contributed by atoms with Crippen LogP contribution in [0.5, 0.6) is 0 Å². The molecule has 0 aromatic carbocycles. The van der Waals surface area contributed by atoms with E-state index >= 15 is 0 Å². The molecule has 0 aliphatic carbocycles. The molecule has 0 radical (unpaired) electrons. The number of hydrogen-bond acceptors (Lipinski definition) is 0. The summed E-state index contributed by atoms with van der Waals surface area (Å²) in [4.78, 5) is 0. The lowest BCUT2D eigenvalue weighted by Crippen LogP contribution is -1.51. The van der Waals surface area contributed by atoms with Gasteiger partial charge >= 0.3 is 0 Å². The Bertz CT molecular complexity index is 72.0. The summed E-state index contributed by atoms with van der Waals surface area (Å²) in [6.07, 6.45) is 3.39. The Morgan fingerprint density at radius 1 is 1.83 bits per heavy atom. The molecule has 0 rings (SSSR count). The maximum atomic E-state index is 5.39. The first-order valence-corrected chi connectivity index (χ1v) is 2.13. The third kappa shape index (κ3) is 2.04. The fourth-order valence-corrected chi connectivity index (χ4v) is 0.118. The SMILES string of the molecule is C=C/C(Cl)=C\C. The van der Waals surface area contributed by atoms with Crippen LogP contribution in [0.15, 0.2) is 23.8 Å². The van der Waals surface area contributed by atoms with Gasteiger partial charge in [-0.1, -0.05) is 30.3 Å². The minimum atomic E-state index is 0.704. The lowest BCUT2D eigenvalue weighted by molar-refractivity contribution is 1.71. The van der Waals surface area contributed by atoms with Crippen molar-refractivity contribution in [2.75, 3.05) is 0 Å². The van der Waals surface area contributed by atoms with Gasteiger partial charge in [0.2, 0.25) is 0 Å². The van der Waals surface area contributed by atoms with E-state index in [4.69, 9.17) is 11.6 Å². The maximum Gasteiger partial charge on any atom is 0.0357 e. The Morgan fingerprint density at radius 3 is 2.33 bits per heavy atom. The van der Waals surface area contributed by atoms with Gasteiger partial charge in [0.15, 0.2) is 0 Å². The summed E-state index contributed by atoms with van der Waals surface area (Å²) in [6.45, 7) is 5.30. The van der Waals surface area contributed by atoms with Crippen LogP contribution in [0.4, 0.5) is 0 Å². The lowest BCUT2D eigenvalue weighted by Gasteiger charge is -1.74. The van der Waals surface area contributed by atoms with Gasteiger partial charge in [-0.3, -0.25) is 0 Å². The molecule has 6 heavy (non-hydrogen) atoms. The lowest BCUT2D eigenvalue weighted by atomic mass is 10.5. The third-order valence-corrected chi connectivity index (χ3v) is 0.843. The molecule has 0 aliphatic heterocycles. The number of halogens is 1. The molecule has 0 N–H and O–H groups in total. The van der Waals surface area contributed by atoms with E-state index in [0.29, 0.717) is 5.03 Å². The van der Waals surface area contributed by atoms with E-state index in [1.54, 1.807) is 12.2 Å². The molecule has 1 heteroatoms. The van der Waals surface area contributed by atoms with Crippen LogP contribution in [-0.4, -0.2) is 0 Å². The minimum absolute atomic E-state index is 0.704. The maximum absolute atomic E-state index is 5.39. The van der Waals surface area contributed by atoms with Crippen molar-refractivity contribution in [3.8, 4) is 0 Å². The van der Waals surface area contributed by atoms with Crippen molar-refractivity contribution in [2.45, 2.75) is 6.92 Å². The molecule has 0 fully saturated rings. The summed E-state index contributed by atoms with van der Waals surface area (Å²) < 4.78 is 0. The highest BCUT2D eigenvalue weighted by molar-refractivity contribution is 6.31. The molecule has 0 spiro atoms. The molecule has 0 bridgehead atoms. The number of rotatable bonds is 1. The molecule has 0 heterocycles. The van der Waals surface area contributed by atoms with Gasteiger partial charge in [-0.15, -0.1) is 0 Å². The van der Waals surface area contributed by atoms with Crippen molar-refractivity contribution >= 4 is 11.6 Å². The van der Waals surface area contributed by atoms with Gasteiger partial charge in [-0.05, 0) is 6.92 Å². The smallest absolute Gasteiger partial charge is 0.0357 e. The van der Waals surface area contributed by atoms with Crippen LogP contribution in [0, 0.1) is 0 Å². The predicted molar refractivity (Wildman–Crippen MR) is 29.8 cm³/mol. The molecule has 0 atom stereocenters. The Labute approximate surface area is 43.1 Å². The normalized spacial score (nSPS) is 11.3. The molecular weight excluding hydrogens is 95.5 g/mol. The van der Waals surface area contributed by atoms with E-state index in [-0.39, 0.29) is 0 Å². The summed E-state index contributed by atoms with van der Waals surface area (Å²) in [5.74, 6) is 0. The average molecular weight is 103 g/mol. The van der Waals surface area contributed by atoms with Crippen LogP contribution in [0.3, 0.4) is 0 Å². The molecule has 0 aliphatic rings. The van der Waals surface area contributed by atoms with Crippen LogP contribution in [0.25, 0.3) is 0 Å². The first kappa shape index (κ1) is 5.77. The standard InChI is InChI=1S/C5H7Cl/c1-3-5(6)4-2/h3-4H,1H2,2H3/b5-4+. The van der Waals surface area contributed by atoms with E-state index in [1.807, 2.05) is 6.92 Å². The molecular formula is C5H7Cl. The predicted octanol–water partition coefficient (Wildman–Crippen LogP) is 2.32. The van der Waals surface area contributed by atoms with Crippen molar-refractivity contribution in [1.29, 1.82) is 0 Å². The monoisotopic (exact) mass is 102 g/mol. The summed E-state index contributed by atoms with van der Waals surface area (Å²) in [6, 6.07) is 0. The largest absolute Gasteiger partial charge is 0.0976 e. The van der Waals surface area contributed by atoms with E-state index in [9.17, 15) is 0 Å². The summed E-state index contributed by atoms with van der Waals surface area (Å²) in [5, 5.41) is 0.704. The van der Waals surface area contributed by atoms with Crippen LogP contribution < -0.4 is 0 Å². The summed E-state index contributed by atoms with van der Waals surface area (Å²) in [7, 11) is 0. The molecule has 0 unspecified atom stereocenters. The van der Waals surface area contributed by atoms with Gasteiger partial charge in [0.05, 0.1) is 0 Å². The second-order valence-corrected chi connectivity index (χ2v) is 1.31. The molecule has 0 amide bonds. The third-order valence-electron chi connectivity index (χ3n) is 0.471. The average Bonchev–Trinajstić information content (AvgIpc) is 1.65. The van der Waals surface area contributed by atoms with Crippen molar-refractivity contribution in [3.63, 3.8) is 0 Å². The quantitative estimate of drug-likeness (QED) is 0.446. The first-order valence-electron chi connectivity index (χ1n) is 1.75. The summed E-state index contributed by atoms with van der Waals surface area (Å²) >= 11 is 5.39. The zero-order valence-electron chi connectivity index (χ0n) is 3.74. The topological polar surface area (TPSA) is 0 Å². The van der Waals surface area contributed by atoms with Gasteiger partial charge in [-0.25, -0.2) is 0 Å². The molecule has 0 saturated heterocycles. The summed E-state index contributed by atoms with van der Waals surface area (Å²) in [5.41, 5.74) is 0. The van der Waals surface area contributed by atoms with Crippen molar-refractivity contribution in [3.05, 3.63) is 23.8 Å². The second kappa shape index (κ2) is 2.98. The van der Waals surface area contributed by atoms with E-state index in [1.165, 1.54) is 0 Å². The van der Waals surface area contributed by atoms with E-state index in [2.05, 4.69) is 6.58 Å². The zero-order valence-corrected chi connectivity index (χ0v) is 4.50. The molecule has 0 aromatic rings. The molecule has 34 valence electrons. The molecule has 0 saturated carbocycles. The van der Waals surface area contributed by atoms with Crippen LogP contribution in [-0.2, 0) is 0 Å². The second-order valence-electron chi connectivity index (χ2n) is 0.878. The fourth-order valence-electron chi connectivity index (χ4n) is 0.118. The van der Waals surface area contributed by atoms with Gasteiger partial charge in [0, 0.05) is 5.03 Å². The molecule has 0 aromatic heterocycles.